The minimum atomic E-state index is 0.627. The Kier molecular flexibility index (Phi) is 5.32. The van der Waals surface area contributed by atoms with E-state index in [1.807, 2.05) is 0 Å². The largest absolute Gasteiger partial charge is 0.379 e. The van der Waals surface area contributed by atoms with Gasteiger partial charge in [-0.25, -0.2) is 0 Å². The van der Waals surface area contributed by atoms with E-state index < -0.39 is 0 Å². The Hall–Kier alpha value is -0.120. The molecule has 3 heteroatoms. The van der Waals surface area contributed by atoms with Gasteiger partial charge < -0.3 is 15.8 Å². The van der Waals surface area contributed by atoms with Gasteiger partial charge in [-0.15, -0.1) is 0 Å². The molecule has 72 valence electrons. The predicted octanol–water partition coefficient (Wildman–Crippen LogP) is 0.351. The number of nitrogens with two attached hydrogens (primary N) is 1. The Bertz CT molecular complexity index is 105. The van der Waals surface area contributed by atoms with Crippen LogP contribution in [0.5, 0.6) is 0 Å². The first-order valence-electron chi connectivity index (χ1n) is 4.92. The van der Waals surface area contributed by atoms with Crippen LogP contribution in [-0.4, -0.2) is 32.8 Å². The molecule has 0 aliphatic heterocycles. The van der Waals surface area contributed by atoms with Gasteiger partial charge in [0.2, 0.25) is 0 Å². The van der Waals surface area contributed by atoms with Crippen LogP contribution in [0, 0.1) is 5.92 Å². The van der Waals surface area contributed by atoms with Gasteiger partial charge in [0.05, 0.1) is 13.2 Å². The molecule has 0 aromatic heterocycles. The highest BCUT2D eigenvalue weighted by Crippen LogP contribution is 2.31. The molecule has 0 amide bonds. The summed E-state index contributed by atoms with van der Waals surface area (Å²) in [6.07, 6.45) is 4.24. The number of rotatable bonds is 8. The second-order valence-electron chi connectivity index (χ2n) is 3.38. The molecule has 0 bridgehead atoms. The third-order valence-corrected chi connectivity index (χ3v) is 2.11. The lowest BCUT2D eigenvalue weighted by molar-refractivity contribution is 0.143. The van der Waals surface area contributed by atoms with Gasteiger partial charge in [0.1, 0.15) is 0 Å². The summed E-state index contributed by atoms with van der Waals surface area (Å²) >= 11 is 0. The van der Waals surface area contributed by atoms with Crippen molar-refractivity contribution in [2.75, 3.05) is 32.8 Å². The minimum Gasteiger partial charge on any atom is -0.379 e. The fourth-order valence-corrected chi connectivity index (χ4v) is 1.17. The van der Waals surface area contributed by atoms with Crippen LogP contribution in [0.1, 0.15) is 19.3 Å². The van der Waals surface area contributed by atoms with Crippen LogP contribution >= 0.6 is 0 Å². The maximum Gasteiger partial charge on any atom is 0.0591 e. The van der Waals surface area contributed by atoms with Gasteiger partial charge in [-0.2, -0.15) is 0 Å². The molecule has 0 atom stereocenters. The summed E-state index contributed by atoms with van der Waals surface area (Å²) in [6, 6.07) is 0. The zero-order chi connectivity index (χ0) is 8.65. The predicted molar refractivity (Wildman–Crippen MR) is 50.1 cm³/mol. The van der Waals surface area contributed by atoms with Gasteiger partial charge in [0, 0.05) is 13.1 Å². The Labute approximate surface area is 74.7 Å². The second kappa shape index (κ2) is 6.40. The van der Waals surface area contributed by atoms with E-state index >= 15 is 0 Å². The van der Waals surface area contributed by atoms with Crippen molar-refractivity contribution < 1.29 is 4.74 Å². The first-order chi connectivity index (χ1) is 5.93. The molecule has 0 radical (unpaired) electrons. The molecule has 1 aliphatic carbocycles. The molecule has 1 aliphatic rings. The summed E-state index contributed by atoms with van der Waals surface area (Å²) in [4.78, 5) is 0. The van der Waals surface area contributed by atoms with Crippen LogP contribution in [0.25, 0.3) is 0 Å². The molecule has 0 saturated heterocycles. The molecule has 3 N–H and O–H groups in total. The summed E-state index contributed by atoms with van der Waals surface area (Å²) < 4.78 is 5.22. The van der Waals surface area contributed by atoms with Gasteiger partial charge >= 0.3 is 0 Å². The van der Waals surface area contributed by atoms with Gasteiger partial charge in [-0.05, 0) is 18.9 Å². The van der Waals surface area contributed by atoms with E-state index in [-0.39, 0.29) is 0 Å². The number of hydrogen-bond acceptors (Lipinski definition) is 3. The number of ether oxygens (including phenoxy) is 1. The molecule has 12 heavy (non-hydrogen) atoms. The van der Waals surface area contributed by atoms with Crippen molar-refractivity contribution in [2.45, 2.75) is 19.3 Å². The quantitative estimate of drug-likeness (QED) is 0.519. The lowest BCUT2D eigenvalue weighted by Crippen LogP contribution is -2.22. The highest BCUT2D eigenvalue weighted by atomic mass is 16.5. The second-order valence-corrected chi connectivity index (χ2v) is 3.38. The molecule has 1 fully saturated rings. The minimum absolute atomic E-state index is 0.627. The molecule has 1 rings (SSSR count). The van der Waals surface area contributed by atoms with Crippen LogP contribution in [0.3, 0.4) is 0 Å². The highest BCUT2D eigenvalue weighted by molar-refractivity contribution is 4.73. The van der Waals surface area contributed by atoms with Gasteiger partial charge in [-0.1, -0.05) is 12.8 Å². The van der Waals surface area contributed by atoms with Crippen molar-refractivity contribution in [1.29, 1.82) is 0 Å². The Morgan fingerprint density at radius 3 is 2.75 bits per heavy atom. The van der Waals surface area contributed by atoms with E-state index in [2.05, 4.69) is 5.32 Å². The normalized spacial score (nSPS) is 16.8. The van der Waals surface area contributed by atoms with Crippen molar-refractivity contribution in [1.82, 2.24) is 5.32 Å². The molecular weight excluding hydrogens is 152 g/mol. The Morgan fingerprint density at radius 1 is 1.25 bits per heavy atom. The number of hydrogen-bond donors (Lipinski definition) is 2. The molecule has 0 heterocycles. The standard InChI is InChI=1S/C9H20N2O/c10-4-7-12-8-6-11-5-3-9-1-2-9/h9,11H,1-8,10H2. The summed E-state index contributed by atoms with van der Waals surface area (Å²) in [5, 5.41) is 3.35. The molecule has 0 spiro atoms. The van der Waals surface area contributed by atoms with Crippen LogP contribution in [0.2, 0.25) is 0 Å². The van der Waals surface area contributed by atoms with E-state index in [0.717, 1.165) is 25.6 Å². The molecule has 0 aromatic rings. The van der Waals surface area contributed by atoms with Crippen LogP contribution < -0.4 is 11.1 Å². The number of nitrogens with one attached hydrogen (secondary N) is 1. The van der Waals surface area contributed by atoms with Crippen molar-refractivity contribution in [3.8, 4) is 0 Å². The summed E-state index contributed by atoms with van der Waals surface area (Å²) in [7, 11) is 0. The zero-order valence-corrected chi connectivity index (χ0v) is 7.72. The lowest BCUT2D eigenvalue weighted by Gasteiger charge is -2.04. The third-order valence-electron chi connectivity index (χ3n) is 2.11. The first-order valence-corrected chi connectivity index (χ1v) is 4.92. The van der Waals surface area contributed by atoms with E-state index in [0.29, 0.717) is 13.2 Å². The Morgan fingerprint density at radius 2 is 2.08 bits per heavy atom. The molecule has 1 saturated carbocycles. The zero-order valence-electron chi connectivity index (χ0n) is 7.72. The molecule has 3 nitrogen and oxygen atoms in total. The summed E-state index contributed by atoms with van der Waals surface area (Å²) in [5.74, 6) is 1.03. The van der Waals surface area contributed by atoms with Gasteiger partial charge in [0.25, 0.3) is 0 Å². The van der Waals surface area contributed by atoms with E-state index in [4.69, 9.17) is 10.5 Å². The SMILES string of the molecule is NCCOCCNCCC1CC1. The smallest absolute Gasteiger partial charge is 0.0591 e. The lowest BCUT2D eigenvalue weighted by atomic mass is 10.3. The summed E-state index contributed by atoms with van der Waals surface area (Å²) in [5.41, 5.74) is 5.27. The van der Waals surface area contributed by atoms with E-state index in [1.54, 1.807) is 0 Å². The average Bonchev–Trinajstić information content (AvgIpc) is 2.87. The molecule has 0 unspecified atom stereocenters. The van der Waals surface area contributed by atoms with Crippen molar-refractivity contribution >= 4 is 0 Å². The van der Waals surface area contributed by atoms with Gasteiger partial charge in [0.15, 0.2) is 0 Å². The van der Waals surface area contributed by atoms with Crippen molar-refractivity contribution in [2.24, 2.45) is 11.7 Å². The topological polar surface area (TPSA) is 47.3 Å². The van der Waals surface area contributed by atoms with Crippen molar-refractivity contribution in [3.63, 3.8) is 0 Å². The fraction of sp³-hybridized carbons (Fsp3) is 1.00. The maximum absolute atomic E-state index is 5.27. The van der Waals surface area contributed by atoms with Gasteiger partial charge in [-0.3, -0.25) is 0 Å². The molecular formula is C9H20N2O. The molecule has 0 aromatic carbocycles. The first kappa shape index (κ1) is 9.96. The monoisotopic (exact) mass is 172 g/mol. The van der Waals surface area contributed by atoms with E-state index in [1.165, 1.54) is 19.3 Å². The van der Waals surface area contributed by atoms with Crippen LogP contribution in [0.15, 0.2) is 0 Å². The summed E-state index contributed by atoms with van der Waals surface area (Å²) in [6.45, 7) is 4.22. The fourth-order valence-electron chi connectivity index (χ4n) is 1.17. The Balaban J connectivity index is 1.65. The van der Waals surface area contributed by atoms with Crippen LogP contribution in [0.4, 0.5) is 0 Å². The highest BCUT2D eigenvalue weighted by Gasteiger charge is 2.19. The third kappa shape index (κ3) is 5.52. The van der Waals surface area contributed by atoms with Crippen molar-refractivity contribution in [3.05, 3.63) is 0 Å². The maximum atomic E-state index is 5.27. The van der Waals surface area contributed by atoms with E-state index in [9.17, 15) is 0 Å². The van der Waals surface area contributed by atoms with Crippen LogP contribution in [-0.2, 0) is 4.74 Å². The average molecular weight is 172 g/mol.